The molecule has 2 heterocycles. The minimum atomic E-state index is 0.240. The molecule has 2 rings (SSSR count). The van der Waals surface area contributed by atoms with Gasteiger partial charge in [-0.3, -0.25) is 0 Å². The molecule has 0 radical (unpaired) electrons. The minimum Gasteiger partial charge on any atom is -0.323 e. The molecule has 0 aliphatic carbocycles. The van der Waals surface area contributed by atoms with E-state index < -0.39 is 0 Å². The first-order valence-electron chi connectivity index (χ1n) is 6.85. The van der Waals surface area contributed by atoms with Gasteiger partial charge in [-0.25, -0.2) is 4.79 Å². The Hall–Kier alpha value is -0.810. The van der Waals surface area contributed by atoms with Crippen LogP contribution < -0.4 is 0 Å². The van der Waals surface area contributed by atoms with Gasteiger partial charge in [0.2, 0.25) is 0 Å². The number of likely N-dealkylation sites (tertiary alicyclic amines) is 2. The van der Waals surface area contributed by atoms with Gasteiger partial charge in [0.15, 0.2) is 0 Å². The number of nitrogens with zero attached hydrogens (tertiary/aromatic N) is 4. The van der Waals surface area contributed by atoms with Crippen LogP contribution >= 0.6 is 0 Å². The Morgan fingerprint density at radius 2 is 1.28 bits per heavy atom. The Morgan fingerprint density at radius 3 is 1.56 bits per heavy atom. The molecule has 2 aliphatic heterocycles. The maximum Gasteiger partial charge on any atom is 0.320 e. The highest BCUT2D eigenvalue weighted by molar-refractivity contribution is 5.75. The molecule has 104 valence electrons. The molecule has 2 aliphatic rings. The van der Waals surface area contributed by atoms with Crippen LogP contribution in [0.3, 0.4) is 0 Å². The topological polar surface area (TPSA) is 30.0 Å². The van der Waals surface area contributed by atoms with Crippen molar-refractivity contribution in [3.05, 3.63) is 0 Å². The van der Waals surface area contributed by atoms with Gasteiger partial charge in [0, 0.05) is 38.3 Å². The summed E-state index contributed by atoms with van der Waals surface area (Å²) in [6.45, 7) is 3.58. The Bertz CT molecular complexity index is 277. The zero-order valence-corrected chi connectivity index (χ0v) is 12.1. The molecule has 2 saturated heterocycles. The molecule has 0 spiro atoms. The average molecular weight is 254 g/mol. The van der Waals surface area contributed by atoms with E-state index in [2.05, 4.69) is 38.0 Å². The summed E-state index contributed by atoms with van der Waals surface area (Å²) < 4.78 is 0. The lowest BCUT2D eigenvalue weighted by atomic mass is 10.2. The number of carbonyl (C=O) groups is 1. The fraction of sp³-hybridized carbons (Fsp3) is 0.923. The van der Waals surface area contributed by atoms with Crippen molar-refractivity contribution in [3.8, 4) is 0 Å². The lowest BCUT2D eigenvalue weighted by Gasteiger charge is -2.26. The van der Waals surface area contributed by atoms with Crippen molar-refractivity contribution in [3.63, 3.8) is 0 Å². The molecule has 0 unspecified atom stereocenters. The van der Waals surface area contributed by atoms with E-state index in [0.717, 1.165) is 39.0 Å². The summed E-state index contributed by atoms with van der Waals surface area (Å²) in [4.78, 5) is 20.9. The number of carbonyl (C=O) groups excluding carboxylic acids is 1. The van der Waals surface area contributed by atoms with Crippen molar-refractivity contribution in [1.29, 1.82) is 0 Å². The maximum atomic E-state index is 12.4. The van der Waals surface area contributed by atoms with Gasteiger partial charge in [0.25, 0.3) is 0 Å². The summed E-state index contributed by atoms with van der Waals surface area (Å²) in [5, 5.41) is 0. The Balaban J connectivity index is 1.86. The summed E-state index contributed by atoms with van der Waals surface area (Å²) in [5.41, 5.74) is 0. The van der Waals surface area contributed by atoms with E-state index in [1.165, 1.54) is 0 Å². The largest absolute Gasteiger partial charge is 0.323 e. The number of rotatable bonds is 2. The predicted octanol–water partition coefficient (Wildman–Crippen LogP) is 0.378. The number of amides is 2. The molecule has 0 aromatic carbocycles. The molecule has 0 aromatic rings. The highest BCUT2D eigenvalue weighted by Crippen LogP contribution is 2.19. The molecular formula is C13H26N4O. The van der Waals surface area contributed by atoms with Crippen molar-refractivity contribution >= 4 is 6.03 Å². The first-order valence-corrected chi connectivity index (χ1v) is 6.85. The molecule has 0 N–H and O–H groups in total. The highest BCUT2D eigenvalue weighted by atomic mass is 16.2. The standard InChI is InChI=1S/C13H26N4O/c1-14(2)11-5-7-16(9-11)13(18)17-8-6-12(10-17)15(3)4/h11-12H,5-10H2,1-4H3/t11-,12-/m1/s1. The fourth-order valence-corrected chi connectivity index (χ4v) is 2.87. The average Bonchev–Trinajstić information content (AvgIpc) is 2.97. The molecule has 0 aromatic heterocycles. The summed E-state index contributed by atoms with van der Waals surface area (Å²) >= 11 is 0. The van der Waals surface area contributed by atoms with Gasteiger partial charge in [-0.15, -0.1) is 0 Å². The summed E-state index contributed by atoms with van der Waals surface area (Å²) in [5.74, 6) is 0. The van der Waals surface area contributed by atoms with Crippen LogP contribution in [0.2, 0.25) is 0 Å². The first-order chi connectivity index (χ1) is 8.49. The van der Waals surface area contributed by atoms with E-state index in [1.54, 1.807) is 0 Å². The van der Waals surface area contributed by atoms with Crippen LogP contribution in [0.4, 0.5) is 4.79 Å². The van der Waals surface area contributed by atoms with Gasteiger partial charge < -0.3 is 19.6 Å². The number of hydrogen-bond donors (Lipinski definition) is 0. The van der Waals surface area contributed by atoms with Crippen molar-refractivity contribution in [2.24, 2.45) is 0 Å². The molecule has 2 atom stereocenters. The summed E-state index contributed by atoms with van der Waals surface area (Å²) in [7, 11) is 8.38. The monoisotopic (exact) mass is 254 g/mol. The molecule has 2 amide bonds. The van der Waals surface area contributed by atoms with Crippen LogP contribution in [-0.2, 0) is 0 Å². The molecule has 5 heteroatoms. The second-order valence-electron chi connectivity index (χ2n) is 5.99. The van der Waals surface area contributed by atoms with Crippen LogP contribution in [0.25, 0.3) is 0 Å². The van der Waals surface area contributed by atoms with Gasteiger partial charge >= 0.3 is 6.03 Å². The lowest BCUT2D eigenvalue weighted by molar-refractivity contribution is 0.165. The number of likely N-dealkylation sites (N-methyl/N-ethyl adjacent to an activating group) is 2. The quantitative estimate of drug-likeness (QED) is 0.713. The lowest BCUT2D eigenvalue weighted by Crippen LogP contribution is -2.43. The smallest absolute Gasteiger partial charge is 0.320 e. The van der Waals surface area contributed by atoms with Gasteiger partial charge in [0.05, 0.1) is 0 Å². The van der Waals surface area contributed by atoms with E-state index >= 15 is 0 Å². The van der Waals surface area contributed by atoms with Gasteiger partial charge in [0.1, 0.15) is 0 Å². The zero-order valence-electron chi connectivity index (χ0n) is 12.1. The minimum absolute atomic E-state index is 0.240. The van der Waals surface area contributed by atoms with Crippen LogP contribution in [0.5, 0.6) is 0 Å². The van der Waals surface area contributed by atoms with Crippen LogP contribution in [-0.4, -0.2) is 92.1 Å². The third-order valence-corrected chi connectivity index (χ3v) is 4.33. The third kappa shape index (κ3) is 2.78. The zero-order chi connectivity index (χ0) is 13.3. The predicted molar refractivity (Wildman–Crippen MR) is 72.7 cm³/mol. The van der Waals surface area contributed by atoms with E-state index in [1.807, 2.05) is 9.80 Å². The molecule has 5 nitrogen and oxygen atoms in total. The van der Waals surface area contributed by atoms with Gasteiger partial charge in [-0.1, -0.05) is 0 Å². The van der Waals surface area contributed by atoms with Crippen LogP contribution in [0.15, 0.2) is 0 Å². The third-order valence-electron chi connectivity index (χ3n) is 4.33. The number of hydrogen-bond acceptors (Lipinski definition) is 3. The van der Waals surface area contributed by atoms with E-state index in [0.29, 0.717) is 12.1 Å². The van der Waals surface area contributed by atoms with Crippen molar-refractivity contribution in [2.45, 2.75) is 24.9 Å². The SMILES string of the molecule is CN(C)[C@@H]1CCN(C(=O)N2CC[C@@H](N(C)C)C2)C1. The second kappa shape index (κ2) is 5.45. The van der Waals surface area contributed by atoms with Gasteiger partial charge in [-0.2, -0.15) is 0 Å². The molecule has 0 saturated carbocycles. The normalized spacial score (nSPS) is 28.8. The highest BCUT2D eigenvalue weighted by Gasteiger charge is 2.34. The Morgan fingerprint density at radius 1 is 0.889 bits per heavy atom. The Kier molecular flexibility index (Phi) is 4.12. The summed E-state index contributed by atoms with van der Waals surface area (Å²) in [6.07, 6.45) is 2.20. The second-order valence-corrected chi connectivity index (χ2v) is 5.99. The molecule has 2 fully saturated rings. The van der Waals surface area contributed by atoms with Gasteiger partial charge in [-0.05, 0) is 41.0 Å². The Labute approximate surface area is 110 Å². The van der Waals surface area contributed by atoms with E-state index in [4.69, 9.17) is 0 Å². The van der Waals surface area contributed by atoms with Crippen molar-refractivity contribution in [2.75, 3.05) is 54.4 Å². The van der Waals surface area contributed by atoms with E-state index in [9.17, 15) is 4.79 Å². The van der Waals surface area contributed by atoms with Crippen LogP contribution in [0, 0.1) is 0 Å². The van der Waals surface area contributed by atoms with E-state index in [-0.39, 0.29) is 6.03 Å². The number of urea groups is 1. The molecule has 18 heavy (non-hydrogen) atoms. The van der Waals surface area contributed by atoms with Crippen molar-refractivity contribution < 1.29 is 4.79 Å². The van der Waals surface area contributed by atoms with Crippen molar-refractivity contribution in [1.82, 2.24) is 19.6 Å². The fourth-order valence-electron chi connectivity index (χ4n) is 2.87. The molecule has 0 bridgehead atoms. The maximum absolute atomic E-state index is 12.4. The molecular weight excluding hydrogens is 228 g/mol. The summed E-state index contributed by atoms with van der Waals surface area (Å²) in [6, 6.07) is 1.30. The van der Waals surface area contributed by atoms with Crippen LogP contribution in [0.1, 0.15) is 12.8 Å². The first kappa shape index (κ1) is 13.6.